The number of nitrogens with one attached hydrogen (secondary N) is 1. The summed E-state index contributed by atoms with van der Waals surface area (Å²) in [6, 6.07) is 0. The SMILES string of the molecule is CCCCOC[C@@H]1C[C@H](OCCCC)[C@@H](OCCCC)C(C)[C@H](Nc2ncnc(Cl)c2N)O1. The Morgan fingerprint density at radius 1 is 1.06 bits per heavy atom. The van der Waals surface area contributed by atoms with Gasteiger partial charge in [0, 0.05) is 32.2 Å². The Hall–Kier alpha value is -1.19. The molecule has 0 amide bonds. The second-order valence-electron chi connectivity index (χ2n) is 8.72. The molecule has 33 heavy (non-hydrogen) atoms. The van der Waals surface area contributed by atoms with E-state index >= 15 is 0 Å². The molecular weight excluding hydrogens is 444 g/mol. The molecule has 1 aromatic rings. The fourth-order valence-corrected chi connectivity index (χ4v) is 3.95. The van der Waals surface area contributed by atoms with Gasteiger partial charge in [0.1, 0.15) is 18.2 Å². The van der Waals surface area contributed by atoms with Gasteiger partial charge < -0.3 is 30.0 Å². The fraction of sp³-hybridized carbons (Fsp3) is 0.833. The van der Waals surface area contributed by atoms with Crippen molar-refractivity contribution in [1.82, 2.24) is 9.97 Å². The molecule has 5 atom stereocenters. The Balaban J connectivity index is 2.24. The minimum atomic E-state index is -0.399. The van der Waals surface area contributed by atoms with E-state index < -0.39 is 6.23 Å². The van der Waals surface area contributed by atoms with Crippen LogP contribution in [0, 0.1) is 5.92 Å². The van der Waals surface area contributed by atoms with E-state index in [1.807, 2.05) is 0 Å². The van der Waals surface area contributed by atoms with Crippen molar-refractivity contribution in [3.63, 3.8) is 0 Å². The van der Waals surface area contributed by atoms with Gasteiger partial charge in [0.05, 0.1) is 24.9 Å². The van der Waals surface area contributed by atoms with Crippen LogP contribution in [0.5, 0.6) is 0 Å². The van der Waals surface area contributed by atoms with Gasteiger partial charge in [0.2, 0.25) is 0 Å². The number of aromatic nitrogens is 2. The first-order chi connectivity index (χ1) is 16.0. The van der Waals surface area contributed by atoms with Crippen LogP contribution in [0.3, 0.4) is 0 Å². The highest BCUT2D eigenvalue weighted by molar-refractivity contribution is 6.32. The maximum absolute atomic E-state index is 6.52. The van der Waals surface area contributed by atoms with E-state index in [4.69, 9.17) is 36.3 Å². The summed E-state index contributed by atoms with van der Waals surface area (Å²) in [5, 5.41) is 3.56. The molecule has 1 aliphatic heterocycles. The molecule has 190 valence electrons. The van der Waals surface area contributed by atoms with Crippen LogP contribution >= 0.6 is 11.6 Å². The van der Waals surface area contributed by atoms with E-state index in [1.165, 1.54) is 6.33 Å². The zero-order valence-electron chi connectivity index (χ0n) is 20.7. The molecule has 0 saturated carbocycles. The molecular formula is C24H43ClN4O4. The smallest absolute Gasteiger partial charge is 0.157 e. The molecule has 1 aromatic heterocycles. The lowest BCUT2D eigenvalue weighted by Crippen LogP contribution is -2.43. The lowest BCUT2D eigenvalue weighted by molar-refractivity contribution is -0.0991. The predicted molar refractivity (Wildman–Crippen MR) is 133 cm³/mol. The number of nitrogens with zero attached hydrogens (tertiary/aromatic N) is 2. The molecule has 1 saturated heterocycles. The van der Waals surface area contributed by atoms with Crippen LogP contribution in [-0.2, 0) is 18.9 Å². The number of hydrogen-bond donors (Lipinski definition) is 2. The van der Waals surface area contributed by atoms with Gasteiger partial charge in [-0.25, -0.2) is 9.97 Å². The van der Waals surface area contributed by atoms with Crippen molar-refractivity contribution in [3.05, 3.63) is 11.5 Å². The van der Waals surface area contributed by atoms with Crippen molar-refractivity contribution in [3.8, 4) is 0 Å². The molecule has 3 N–H and O–H groups in total. The molecule has 9 heteroatoms. The average molecular weight is 487 g/mol. The summed E-state index contributed by atoms with van der Waals surface area (Å²) in [6.07, 6.45) is 7.63. The summed E-state index contributed by atoms with van der Waals surface area (Å²) < 4.78 is 25.2. The van der Waals surface area contributed by atoms with Gasteiger partial charge in [-0.3, -0.25) is 0 Å². The van der Waals surface area contributed by atoms with Crippen LogP contribution in [0.25, 0.3) is 0 Å². The molecule has 8 nitrogen and oxygen atoms in total. The first-order valence-corrected chi connectivity index (χ1v) is 12.9. The Bertz CT molecular complexity index is 669. The Kier molecular flexibility index (Phi) is 13.3. The maximum Gasteiger partial charge on any atom is 0.157 e. The molecule has 1 aliphatic rings. The Morgan fingerprint density at radius 2 is 1.73 bits per heavy atom. The third-order valence-corrected chi connectivity index (χ3v) is 6.20. The zero-order valence-corrected chi connectivity index (χ0v) is 21.5. The third kappa shape index (κ3) is 9.17. The summed E-state index contributed by atoms with van der Waals surface area (Å²) in [5.41, 5.74) is 6.42. The second-order valence-corrected chi connectivity index (χ2v) is 9.08. The van der Waals surface area contributed by atoms with Crippen LogP contribution in [0.2, 0.25) is 5.15 Å². The first kappa shape index (κ1) is 28.1. The van der Waals surface area contributed by atoms with Gasteiger partial charge in [0.15, 0.2) is 11.0 Å². The zero-order chi connectivity index (χ0) is 24.1. The van der Waals surface area contributed by atoms with Gasteiger partial charge >= 0.3 is 0 Å². The van der Waals surface area contributed by atoms with Crippen molar-refractivity contribution in [1.29, 1.82) is 0 Å². The number of nitrogen functional groups attached to an aromatic ring is 1. The summed E-state index contributed by atoms with van der Waals surface area (Å²) in [4.78, 5) is 8.22. The van der Waals surface area contributed by atoms with Gasteiger partial charge in [-0.05, 0) is 19.3 Å². The van der Waals surface area contributed by atoms with Crippen LogP contribution in [0.4, 0.5) is 11.5 Å². The fourth-order valence-electron chi connectivity index (χ4n) is 3.81. The standard InChI is InChI=1S/C24H43ClN4O4/c1-5-8-11-30-15-18-14-19(31-12-9-6-2)21(32-13-10-7-3)17(4)24(33-18)29-23-20(26)22(25)27-16-28-23/h16-19,21,24H,5-15,26H2,1-4H3,(H,27,28,29)/t17?,18-,19-,21-,24+/m0/s1. The highest BCUT2D eigenvalue weighted by Gasteiger charge is 2.40. The minimum Gasteiger partial charge on any atom is -0.393 e. The van der Waals surface area contributed by atoms with E-state index in [0.29, 0.717) is 37.7 Å². The molecule has 0 aliphatic carbocycles. The lowest BCUT2D eigenvalue weighted by Gasteiger charge is -2.33. The van der Waals surface area contributed by atoms with Gasteiger partial charge in [0.25, 0.3) is 0 Å². The highest BCUT2D eigenvalue weighted by atomic mass is 35.5. The molecule has 1 unspecified atom stereocenters. The predicted octanol–water partition coefficient (Wildman–Crippen LogP) is 5.06. The average Bonchev–Trinajstić information content (AvgIpc) is 2.92. The van der Waals surface area contributed by atoms with E-state index in [9.17, 15) is 0 Å². The van der Waals surface area contributed by atoms with Crippen LogP contribution in [-0.4, -0.2) is 60.9 Å². The number of nitrogens with two attached hydrogens (primary N) is 1. The third-order valence-electron chi connectivity index (χ3n) is 5.89. The summed E-state index contributed by atoms with van der Waals surface area (Å²) in [6.45, 7) is 11.2. The highest BCUT2D eigenvalue weighted by Crippen LogP contribution is 2.32. The van der Waals surface area contributed by atoms with Gasteiger partial charge in [-0.2, -0.15) is 0 Å². The van der Waals surface area contributed by atoms with Crippen molar-refractivity contribution in [2.24, 2.45) is 5.92 Å². The van der Waals surface area contributed by atoms with Gasteiger partial charge in [-0.1, -0.05) is 58.6 Å². The summed E-state index contributed by atoms with van der Waals surface area (Å²) in [7, 11) is 0. The number of unbranched alkanes of at least 4 members (excludes halogenated alkanes) is 3. The van der Waals surface area contributed by atoms with Crippen molar-refractivity contribution in [2.45, 2.75) is 97.2 Å². The monoisotopic (exact) mass is 486 g/mol. The van der Waals surface area contributed by atoms with E-state index in [-0.39, 0.29) is 29.4 Å². The van der Waals surface area contributed by atoms with Crippen molar-refractivity contribution < 1.29 is 18.9 Å². The van der Waals surface area contributed by atoms with E-state index in [0.717, 1.165) is 45.1 Å². The molecule has 0 spiro atoms. The lowest BCUT2D eigenvalue weighted by atomic mass is 9.95. The molecule has 1 fully saturated rings. The number of halogens is 1. The molecule has 2 rings (SSSR count). The second kappa shape index (κ2) is 15.7. The molecule has 0 radical (unpaired) electrons. The van der Waals surface area contributed by atoms with Crippen LogP contribution < -0.4 is 11.1 Å². The van der Waals surface area contributed by atoms with Crippen LogP contribution in [0.15, 0.2) is 6.33 Å². The maximum atomic E-state index is 6.52. The molecule has 2 heterocycles. The topological polar surface area (TPSA) is 101 Å². The van der Waals surface area contributed by atoms with Crippen molar-refractivity contribution in [2.75, 3.05) is 37.5 Å². The van der Waals surface area contributed by atoms with Crippen molar-refractivity contribution >= 4 is 23.1 Å². The normalized spacial score (nSPS) is 25.7. The first-order valence-electron chi connectivity index (χ1n) is 12.5. The number of ether oxygens (including phenoxy) is 4. The van der Waals surface area contributed by atoms with E-state index in [2.05, 4.69) is 43.0 Å². The summed E-state index contributed by atoms with van der Waals surface area (Å²) >= 11 is 6.11. The number of anilines is 2. The minimum absolute atomic E-state index is 0.0257. The Labute approximate surface area is 204 Å². The van der Waals surface area contributed by atoms with Crippen LogP contribution in [0.1, 0.15) is 72.6 Å². The quantitative estimate of drug-likeness (QED) is 0.262. The molecule has 0 bridgehead atoms. The molecule has 0 aromatic carbocycles. The number of rotatable bonds is 15. The Morgan fingerprint density at radius 3 is 2.42 bits per heavy atom. The van der Waals surface area contributed by atoms with Gasteiger partial charge in [-0.15, -0.1) is 0 Å². The number of hydrogen-bond acceptors (Lipinski definition) is 8. The summed E-state index contributed by atoms with van der Waals surface area (Å²) in [5.74, 6) is 0.428. The van der Waals surface area contributed by atoms with E-state index in [1.54, 1.807) is 0 Å². The largest absolute Gasteiger partial charge is 0.393 e.